The van der Waals surface area contributed by atoms with Gasteiger partial charge in [0.2, 0.25) is 0 Å². The Morgan fingerprint density at radius 2 is 2.00 bits per heavy atom. The summed E-state index contributed by atoms with van der Waals surface area (Å²) in [7, 11) is 0. The van der Waals surface area contributed by atoms with Crippen LogP contribution in [0.2, 0.25) is 0 Å². The molecule has 0 atom stereocenters. The van der Waals surface area contributed by atoms with Crippen molar-refractivity contribution in [3.63, 3.8) is 0 Å². The summed E-state index contributed by atoms with van der Waals surface area (Å²) in [6.45, 7) is 9.23. The molecule has 14 heavy (non-hydrogen) atoms. The van der Waals surface area contributed by atoms with Crippen LogP contribution in [0.4, 0.5) is 0 Å². The quantitative estimate of drug-likeness (QED) is 0.367. The minimum Gasteiger partial charge on any atom is -0.0906 e. The van der Waals surface area contributed by atoms with Crippen molar-refractivity contribution in [3.8, 4) is 0 Å². The third-order valence-electron chi connectivity index (χ3n) is 3.80. The Bertz CT molecular complexity index is 233. The third-order valence-corrected chi connectivity index (χ3v) is 3.80. The SMILES string of the molecule is CC(C)C(C)(C)CC1CC(N=[N+]=[N-])C1. The molecule has 0 aromatic heterocycles. The summed E-state index contributed by atoms with van der Waals surface area (Å²) < 4.78 is 0. The van der Waals surface area contributed by atoms with E-state index < -0.39 is 0 Å². The van der Waals surface area contributed by atoms with Gasteiger partial charge in [-0.1, -0.05) is 32.8 Å². The lowest BCUT2D eigenvalue weighted by Gasteiger charge is -2.40. The first-order chi connectivity index (χ1) is 6.45. The topological polar surface area (TPSA) is 48.8 Å². The molecule has 0 aliphatic heterocycles. The molecule has 1 saturated carbocycles. The van der Waals surface area contributed by atoms with E-state index in [1.54, 1.807) is 0 Å². The molecule has 0 bridgehead atoms. The standard InChI is InChI=1S/C11H21N3/c1-8(2)11(3,4)7-9-5-10(6-9)13-14-12/h8-10H,5-7H2,1-4H3. The minimum atomic E-state index is 0.285. The summed E-state index contributed by atoms with van der Waals surface area (Å²) in [5.74, 6) is 1.50. The van der Waals surface area contributed by atoms with Crippen LogP contribution >= 0.6 is 0 Å². The maximum atomic E-state index is 8.27. The zero-order chi connectivity index (χ0) is 10.8. The van der Waals surface area contributed by atoms with Crippen molar-refractivity contribution in [2.75, 3.05) is 0 Å². The lowest BCUT2D eigenvalue weighted by Crippen LogP contribution is -2.32. The van der Waals surface area contributed by atoms with E-state index in [0.29, 0.717) is 5.41 Å². The molecule has 0 aromatic rings. The van der Waals surface area contributed by atoms with Gasteiger partial charge in [-0.05, 0) is 42.0 Å². The van der Waals surface area contributed by atoms with E-state index >= 15 is 0 Å². The zero-order valence-corrected chi connectivity index (χ0v) is 9.70. The fourth-order valence-electron chi connectivity index (χ4n) is 2.01. The van der Waals surface area contributed by atoms with E-state index in [1.165, 1.54) is 6.42 Å². The fraction of sp³-hybridized carbons (Fsp3) is 1.00. The first kappa shape index (κ1) is 11.4. The molecule has 1 rings (SSSR count). The third kappa shape index (κ3) is 2.65. The molecule has 1 aliphatic carbocycles. The molecule has 0 aromatic carbocycles. The lowest BCUT2D eigenvalue weighted by molar-refractivity contribution is 0.129. The molecule has 80 valence electrons. The van der Waals surface area contributed by atoms with Gasteiger partial charge in [0.1, 0.15) is 0 Å². The average molecular weight is 195 g/mol. The molecule has 3 heteroatoms. The van der Waals surface area contributed by atoms with E-state index in [2.05, 4.69) is 37.7 Å². The molecular formula is C11H21N3. The van der Waals surface area contributed by atoms with Crippen molar-refractivity contribution in [3.05, 3.63) is 10.4 Å². The van der Waals surface area contributed by atoms with Crippen LogP contribution in [0.1, 0.15) is 47.0 Å². The van der Waals surface area contributed by atoms with Crippen molar-refractivity contribution in [2.45, 2.75) is 53.0 Å². The van der Waals surface area contributed by atoms with Gasteiger partial charge < -0.3 is 0 Å². The van der Waals surface area contributed by atoms with E-state index in [1.807, 2.05) is 0 Å². The van der Waals surface area contributed by atoms with Gasteiger partial charge in [-0.25, -0.2) is 0 Å². The Morgan fingerprint density at radius 1 is 1.43 bits per heavy atom. The van der Waals surface area contributed by atoms with Crippen LogP contribution in [0.3, 0.4) is 0 Å². The van der Waals surface area contributed by atoms with Crippen molar-refractivity contribution >= 4 is 0 Å². The van der Waals surface area contributed by atoms with Crippen LogP contribution in [0, 0.1) is 17.3 Å². The van der Waals surface area contributed by atoms with Gasteiger partial charge in [0.25, 0.3) is 0 Å². The number of nitrogens with zero attached hydrogens (tertiary/aromatic N) is 3. The van der Waals surface area contributed by atoms with E-state index in [0.717, 1.165) is 24.7 Å². The minimum absolute atomic E-state index is 0.285. The van der Waals surface area contributed by atoms with Crippen LogP contribution < -0.4 is 0 Å². The Balaban J connectivity index is 2.32. The molecule has 1 aliphatic rings. The summed E-state index contributed by atoms with van der Waals surface area (Å²) in [4.78, 5) is 2.85. The van der Waals surface area contributed by atoms with Crippen LogP contribution in [0.5, 0.6) is 0 Å². The molecule has 0 radical (unpaired) electrons. The lowest BCUT2D eigenvalue weighted by atomic mass is 9.67. The highest BCUT2D eigenvalue weighted by Crippen LogP contribution is 2.42. The Morgan fingerprint density at radius 3 is 2.43 bits per heavy atom. The first-order valence-corrected chi connectivity index (χ1v) is 5.50. The van der Waals surface area contributed by atoms with Crippen LogP contribution in [0.25, 0.3) is 10.4 Å². The van der Waals surface area contributed by atoms with Gasteiger partial charge in [-0.2, -0.15) is 0 Å². The van der Waals surface area contributed by atoms with E-state index in [9.17, 15) is 0 Å². The highest BCUT2D eigenvalue weighted by Gasteiger charge is 2.34. The molecule has 0 spiro atoms. The number of rotatable bonds is 4. The molecule has 1 fully saturated rings. The van der Waals surface area contributed by atoms with Gasteiger partial charge in [0.15, 0.2) is 0 Å². The normalized spacial score (nSPS) is 26.9. The Kier molecular flexibility index (Phi) is 3.43. The summed E-state index contributed by atoms with van der Waals surface area (Å²) in [5, 5.41) is 3.74. The number of azide groups is 1. The highest BCUT2D eigenvalue weighted by molar-refractivity contribution is 4.89. The second-order valence-corrected chi connectivity index (χ2v) is 5.54. The molecule has 0 amide bonds. The first-order valence-electron chi connectivity index (χ1n) is 5.50. The average Bonchev–Trinajstić information content (AvgIpc) is 2.00. The summed E-state index contributed by atoms with van der Waals surface area (Å²) in [6, 6.07) is 0.285. The smallest absolute Gasteiger partial charge is 0.0379 e. The summed E-state index contributed by atoms with van der Waals surface area (Å²) in [5.41, 5.74) is 8.69. The van der Waals surface area contributed by atoms with Crippen LogP contribution in [-0.2, 0) is 0 Å². The molecule has 3 nitrogen and oxygen atoms in total. The maximum absolute atomic E-state index is 8.27. The van der Waals surface area contributed by atoms with E-state index in [-0.39, 0.29) is 6.04 Å². The van der Waals surface area contributed by atoms with Crippen molar-refractivity contribution in [1.82, 2.24) is 0 Å². The van der Waals surface area contributed by atoms with Gasteiger partial charge in [0, 0.05) is 11.0 Å². The number of hydrogen-bond donors (Lipinski definition) is 0. The van der Waals surface area contributed by atoms with Gasteiger partial charge in [0.05, 0.1) is 0 Å². The number of hydrogen-bond acceptors (Lipinski definition) is 1. The fourth-order valence-corrected chi connectivity index (χ4v) is 2.01. The molecule has 0 heterocycles. The molecular weight excluding hydrogens is 174 g/mol. The van der Waals surface area contributed by atoms with Crippen LogP contribution in [0.15, 0.2) is 5.11 Å². The predicted molar refractivity (Wildman–Crippen MR) is 58.9 cm³/mol. The van der Waals surface area contributed by atoms with Gasteiger partial charge >= 0.3 is 0 Å². The van der Waals surface area contributed by atoms with Gasteiger partial charge in [-0.15, -0.1) is 0 Å². The largest absolute Gasteiger partial charge is 0.0906 e. The summed E-state index contributed by atoms with van der Waals surface area (Å²) in [6.07, 6.45) is 3.46. The molecule has 0 saturated heterocycles. The Hall–Kier alpha value is -0.690. The molecule has 0 N–H and O–H groups in total. The van der Waals surface area contributed by atoms with Crippen molar-refractivity contribution in [1.29, 1.82) is 0 Å². The van der Waals surface area contributed by atoms with Crippen molar-refractivity contribution < 1.29 is 0 Å². The second-order valence-electron chi connectivity index (χ2n) is 5.54. The second kappa shape index (κ2) is 4.22. The highest BCUT2D eigenvalue weighted by atomic mass is 15.2. The monoisotopic (exact) mass is 195 g/mol. The Labute approximate surface area is 86.5 Å². The van der Waals surface area contributed by atoms with E-state index in [4.69, 9.17) is 5.53 Å². The zero-order valence-electron chi connectivity index (χ0n) is 9.70. The summed E-state index contributed by atoms with van der Waals surface area (Å²) >= 11 is 0. The predicted octanol–water partition coefficient (Wildman–Crippen LogP) is 4.15. The maximum Gasteiger partial charge on any atom is 0.0379 e. The molecule has 0 unspecified atom stereocenters. The van der Waals surface area contributed by atoms with Gasteiger partial charge in [-0.3, -0.25) is 0 Å². The van der Waals surface area contributed by atoms with Crippen molar-refractivity contribution in [2.24, 2.45) is 22.4 Å². The van der Waals surface area contributed by atoms with Crippen LogP contribution in [-0.4, -0.2) is 6.04 Å².